The van der Waals surface area contributed by atoms with Crippen LogP contribution in [0.15, 0.2) is 109 Å². The Hall–Kier alpha value is -4.84. The van der Waals surface area contributed by atoms with Crippen molar-refractivity contribution in [2.24, 2.45) is 0 Å². The highest BCUT2D eigenvalue weighted by Crippen LogP contribution is 2.41. The third kappa shape index (κ3) is 8.08. The molecule has 3 aromatic carbocycles. The smallest absolute Gasteiger partial charge is 0.338 e. The first-order chi connectivity index (χ1) is 19.2. The number of ether oxygens (including phenoxy) is 4. The second-order valence-electron chi connectivity index (χ2n) is 9.00. The van der Waals surface area contributed by atoms with Crippen molar-refractivity contribution in [1.82, 2.24) is 0 Å². The predicted octanol–water partition coefficient (Wildman–Crippen LogP) is 7.89. The summed E-state index contributed by atoms with van der Waals surface area (Å²) in [4.78, 5) is 24.1. The zero-order valence-corrected chi connectivity index (χ0v) is 23.4. The zero-order chi connectivity index (χ0) is 29.1. The van der Waals surface area contributed by atoms with Crippen LogP contribution >= 0.6 is 0 Å². The van der Waals surface area contributed by atoms with Gasteiger partial charge in [-0.25, -0.2) is 9.59 Å². The molecule has 3 rings (SSSR count). The van der Waals surface area contributed by atoms with Crippen LogP contribution in [0, 0.1) is 0 Å². The number of hydrogen-bond donors (Lipinski definition) is 0. The molecule has 0 fully saturated rings. The van der Waals surface area contributed by atoms with Crippen LogP contribution in [0.25, 0.3) is 22.3 Å². The van der Waals surface area contributed by atoms with Gasteiger partial charge < -0.3 is 18.9 Å². The lowest BCUT2D eigenvalue weighted by atomic mass is 9.99. The molecule has 0 bridgehead atoms. The summed E-state index contributed by atoms with van der Waals surface area (Å²) in [6, 6.07) is 18.7. The second-order valence-corrected chi connectivity index (χ2v) is 9.00. The summed E-state index contributed by atoms with van der Waals surface area (Å²) in [7, 11) is 0. The van der Waals surface area contributed by atoms with Crippen LogP contribution < -0.4 is 18.9 Å². The van der Waals surface area contributed by atoms with Crippen LogP contribution in [-0.2, 0) is 9.59 Å². The summed E-state index contributed by atoms with van der Waals surface area (Å²) >= 11 is 0. The normalized spacial score (nSPS) is 10.9. The van der Waals surface area contributed by atoms with Crippen LogP contribution in [-0.4, -0.2) is 25.2 Å². The molecule has 6 heteroatoms. The van der Waals surface area contributed by atoms with Crippen molar-refractivity contribution in [2.45, 2.75) is 27.7 Å². The number of hydrogen-bond acceptors (Lipinski definition) is 6. The van der Waals surface area contributed by atoms with Gasteiger partial charge in [0, 0.05) is 22.8 Å². The number of allylic oxidation sites excluding steroid dienone is 2. The second kappa shape index (κ2) is 14.4. The van der Waals surface area contributed by atoms with Gasteiger partial charge in [-0.15, -0.1) is 0 Å². The Morgan fingerprint density at radius 1 is 0.650 bits per heavy atom. The highest BCUT2D eigenvalue weighted by atomic mass is 16.6. The average molecular weight is 539 g/mol. The van der Waals surface area contributed by atoms with Crippen LogP contribution in [0.4, 0.5) is 0 Å². The van der Waals surface area contributed by atoms with Crippen molar-refractivity contribution in [1.29, 1.82) is 0 Å². The lowest BCUT2D eigenvalue weighted by Gasteiger charge is -2.17. The molecule has 3 aromatic rings. The molecule has 0 aliphatic carbocycles. The van der Waals surface area contributed by atoms with Gasteiger partial charge in [0.25, 0.3) is 0 Å². The van der Waals surface area contributed by atoms with E-state index in [2.05, 4.69) is 13.2 Å². The SMILES string of the molecule is C=C(C)C(=O)Oc1ccc(-c2ccc(-c3cc(OC/C=C/C)c(OC(=O)C(=C)C)cc3OC/C=C/C)cc2)cc1. The van der Waals surface area contributed by atoms with Crippen molar-refractivity contribution in [3.63, 3.8) is 0 Å². The molecule has 0 unspecified atom stereocenters. The summed E-state index contributed by atoms with van der Waals surface area (Å²) in [6.45, 7) is 14.9. The van der Waals surface area contributed by atoms with Crippen molar-refractivity contribution in [3.05, 3.63) is 109 Å². The quantitative estimate of drug-likeness (QED) is 0.101. The van der Waals surface area contributed by atoms with E-state index in [1.807, 2.05) is 80.6 Å². The number of carbonyl (C=O) groups is 2. The molecule has 0 saturated carbocycles. The summed E-state index contributed by atoms with van der Waals surface area (Å²) in [5, 5.41) is 0. The largest absolute Gasteiger partial charge is 0.489 e. The van der Waals surface area contributed by atoms with E-state index < -0.39 is 11.9 Å². The minimum absolute atomic E-state index is 0.251. The zero-order valence-electron chi connectivity index (χ0n) is 23.4. The van der Waals surface area contributed by atoms with E-state index in [-0.39, 0.29) is 11.3 Å². The average Bonchev–Trinajstić information content (AvgIpc) is 2.94. The Labute approximate surface area is 235 Å². The van der Waals surface area contributed by atoms with E-state index in [9.17, 15) is 9.59 Å². The topological polar surface area (TPSA) is 71.1 Å². The maximum Gasteiger partial charge on any atom is 0.338 e. The molecule has 0 radical (unpaired) electrons. The molecule has 0 aliphatic rings. The minimum atomic E-state index is -0.548. The van der Waals surface area contributed by atoms with Crippen molar-refractivity contribution >= 4 is 11.9 Å². The van der Waals surface area contributed by atoms with E-state index in [1.165, 1.54) is 0 Å². The summed E-state index contributed by atoms with van der Waals surface area (Å²) in [5.41, 5.74) is 4.23. The van der Waals surface area contributed by atoms with E-state index in [0.717, 1.165) is 22.3 Å². The number of benzene rings is 3. The fourth-order valence-corrected chi connectivity index (χ4v) is 3.49. The maximum absolute atomic E-state index is 12.3. The van der Waals surface area contributed by atoms with E-state index in [4.69, 9.17) is 18.9 Å². The van der Waals surface area contributed by atoms with Crippen LogP contribution in [0.2, 0.25) is 0 Å². The van der Waals surface area contributed by atoms with Crippen molar-refractivity contribution in [2.75, 3.05) is 13.2 Å². The molecule has 40 heavy (non-hydrogen) atoms. The van der Waals surface area contributed by atoms with Crippen molar-refractivity contribution in [3.8, 4) is 45.3 Å². The van der Waals surface area contributed by atoms with Crippen LogP contribution in [0.3, 0.4) is 0 Å². The Kier molecular flexibility index (Phi) is 10.7. The Morgan fingerprint density at radius 2 is 1.12 bits per heavy atom. The molecule has 6 nitrogen and oxygen atoms in total. The van der Waals surface area contributed by atoms with Gasteiger partial charge >= 0.3 is 11.9 Å². The first-order valence-electron chi connectivity index (χ1n) is 12.9. The molecule has 0 heterocycles. The molecular formula is C34H34O6. The lowest BCUT2D eigenvalue weighted by molar-refractivity contribution is -0.131. The van der Waals surface area contributed by atoms with E-state index in [0.29, 0.717) is 36.0 Å². The Balaban J connectivity index is 1.97. The highest BCUT2D eigenvalue weighted by molar-refractivity contribution is 5.90. The third-order valence-electron chi connectivity index (χ3n) is 5.68. The predicted molar refractivity (Wildman–Crippen MR) is 159 cm³/mol. The molecule has 206 valence electrons. The molecule has 0 N–H and O–H groups in total. The van der Waals surface area contributed by atoms with Crippen LogP contribution in [0.5, 0.6) is 23.0 Å². The lowest BCUT2D eigenvalue weighted by Crippen LogP contribution is -2.10. The van der Waals surface area contributed by atoms with E-state index >= 15 is 0 Å². The molecule has 0 saturated heterocycles. The highest BCUT2D eigenvalue weighted by Gasteiger charge is 2.18. The summed E-state index contributed by atoms with van der Waals surface area (Å²) < 4.78 is 22.9. The fourth-order valence-electron chi connectivity index (χ4n) is 3.49. The standard InChI is InChI=1S/C34H34O6/c1-7-9-19-37-30-22-32(40-34(36)24(5)6)31(38-20-10-8-2)21-29(30)27-13-11-25(12-14-27)26-15-17-28(18-16-26)39-33(35)23(3)4/h7-18,21-22H,3,5,19-20H2,1-2,4,6H3/b9-7+,10-8+. The summed E-state index contributed by atoms with van der Waals surface area (Å²) in [6.07, 6.45) is 7.53. The molecule has 0 spiro atoms. The molecule has 0 aliphatic heterocycles. The number of carbonyl (C=O) groups excluding carboxylic acids is 2. The molecule has 0 aromatic heterocycles. The van der Waals surface area contributed by atoms with Gasteiger partial charge in [-0.1, -0.05) is 73.9 Å². The van der Waals surface area contributed by atoms with Gasteiger partial charge in [-0.05, 0) is 62.6 Å². The summed E-state index contributed by atoms with van der Waals surface area (Å²) in [5.74, 6) is 0.643. The van der Waals surface area contributed by atoms with Gasteiger partial charge in [0.2, 0.25) is 0 Å². The van der Waals surface area contributed by atoms with Crippen LogP contribution in [0.1, 0.15) is 27.7 Å². The molecule has 0 amide bonds. The first kappa shape index (κ1) is 29.7. The van der Waals surface area contributed by atoms with E-state index in [1.54, 1.807) is 32.0 Å². The first-order valence-corrected chi connectivity index (χ1v) is 12.9. The Morgan fingerprint density at radius 3 is 1.65 bits per heavy atom. The number of esters is 2. The van der Waals surface area contributed by atoms with Gasteiger partial charge in [0.15, 0.2) is 11.5 Å². The Bertz CT molecular complexity index is 1430. The minimum Gasteiger partial charge on any atom is -0.489 e. The maximum atomic E-state index is 12.3. The number of rotatable bonds is 12. The van der Waals surface area contributed by atoms with Gasteiger partial charge in [0.1, 0.15) is 24.7 Å². The molecular weight excluding hydrogens is 504 g/mol. The third-order valence-corrected chi connectivity index (χ3v) is 5.68. The fraction of sp³-hybridized carbons (Fsp3) is 0.176. The van der Waals surface area contributed by atoms with Gasteiger partial charge in [-0.3, -0.25) is 0 Å². The van der Waals surface area contributed by atoms with Gasteiger partial charge in [-0.2, -0.15) is 0 Å². The molecule has 0 atom stereocenters. The van der Waals surface area contributed by atoms with Crippen molar-refractivity contribution < 1.29 is 28.5 Å². The monoisotopic (exact) mass is 538 g/mol. The van der Waals surface area contributed by atoms with Gasteiger partial charge in [0.05, 0.1) is 0 Å².